The van der Waals surface area contributed by atoms with Gasteiger partial charge in [-0.3, -0.25) is 15.2 Å². The summed E-state index contributed by atoms with van der Waals surface area (Å²) in [5.74, 6) is 0.772. The summed E-state index contributed by atoms with van der Waals surface area (Å²) in [5.41, 5.74) is -0.267. The Labute approximate surface area is 210 Å². The molecular formula is C25H35IN4O3. The first kappa shape index (κ1) is 24.3. The molecule has 1 spiro atoms. The summed E-state index contributed by atoms with van der Waals surface area (Å²) in [6.07, 6.45) is 6.70. The maximum Gasteiger partial charge on any atom is 0.410 e. The Morgan fingerprint density at radius 3 is 2.45 bits per heavy atom. The smallest absolute Gasteiger partial charge is 0.410 e. The lowest BCUT2D eigenvalue weighted by molar-refractivity contribution is 0.00859. The number of anilines is 1. The zero-order valence-corrected chi connectivity index (χ0v) is 22.2. The zero-order chi connectivity index (χ0) is 23.8. The van der Waals surface area contributed by atoms with Gasteiger partial charge in [-0.05, 0) is 100 Å². The van der Waals surface area contributed by atoms with Gasteiger partial charge in [0.25, 0.3) is 0 Å². The SMILES string of the molecule is C[C@H]1C[C@]2(CCN1C(=O)OC(C)(C)C)C(=NC1CCCCC1)NC(=O)N2c1ccc(I)cc1. The fraction of sp³-hybridized carbons (Fsp3) is 0.640. The van der Waals surface area contributed by atoms with E-state index in [4.69, 9.17) is 9.73 Å². The van der Waals surface area contributed by atoms with Crippen LogP contribution in [0.3, 0.4) is 0 Å². The molecule has 2 saturated heterocycles. The molecule has 0 aromatic heterocycles. The van der Waals surface area contributed by atoms with Crippen molar-refractivity contribution in [2.75, 3.05) is 11.4 Å². The number of hydrogen-bond acceptors (Lipinski definition) is 4. The van der Waals surface area contributed by atoms with Gasteiger partial charge in [0.15, 0.2) is 0 Å². The molecule has 0 unspecified atom stereocenters. The number of amides is 3. The van der Waals surface area contributed by atoms with Gasteiger partial charge in [-0.25, -0.2) is 9.59 Å². The fourth-order valence-corrected chi connectivity index (χ4v) is 5.67. The third kappa shape index (κ3) is 5.15. The molecule has 2 aliphatic heterocycles. The predicted molar refractivity (Wildman–Crippen MR) is 139 cm³/mol. The second kappa shape index (κ2) is 9.43. The number of urea groups is 1. The summed E-state index contributed by atoms with van der Waals surface area (Å²) in [6.45, 7) is 8.20. The Balaban J connectivity index is 1.67. The van der Waals surface area contributed by atoms with Crippen LogP contribution in [0.5, 0.6) is 0 Å². The van der Waals surface area contributed by atoms with E-state index in [2.05, 4.69) is 27.9 Å². The summed E-state index contributed by atoms with van der Waals surface area (Å²) in [6, 6.07) is 8.06. The molecule has 7 nitrogen and oxygen atoms in total. The standard InChI is InChI=1S/C25H35IN4O3/c1-17-16-25(14-15-29(17)23(32)33-24(2,3)4)21(27-19-8-6-5-7-9-19)28-22(31)30(25)20-12-10-18(26)11-13-20/h10-13,17,19H,5-9,14-16H2,1-4H3,(H,27,28,31)/t17-,25+/m0/s1. The number of carbonyl (C=O) groups is 2. The van der Waals surface area contributed by atoms with Crippen LogP contribution in [0.4, 0.5) is 15.3 Å². The highest BCUT2D eigenvalue weighted by molar-refractivity contribution is 14.1. The Bertz CT molecular complexity index is 921. The van der Waals surface area contributed by atoms with Crippen LogP contribution in [-0.4, -0.2) is 52.6 Å². The van der Waals surface area contributed by atoms with Gasteiger partial charge < -0.3 is 9.64 Å². The van der Waals surface area contributed by atoms with E-state index >= 15 is 0 Å². The summed E-state index contributed by atoms with van der Waals surface area (Å²) in [7, 11) is 0. The molecule has 8 heteroatoms. The first-order chi connectivity index (χ1) is 15.6. The van der Waals surface area contributed by atoms with E-state index in [0.717, 1.165) is 27.9 Å². The molecule has 1 aliphatic carbocycles. The average molecular weight is 566 g/mol. The van der Waals surface area contributed by atoms with Gasteiger partial charge in [0.2, 0.25) is 0 Å². The summed E-state index contributed by atoms with van der Waals surface area (Å²) in [5, 5.41) is 3.13. The van der Waals surface area contributed by atoms with E-state index in [1.165, 1.54) is 19.3 Å². The Morgan fingerprint density at radius 2 is 1.85 bits per heavy atom. The van der Waals surface area contributed by atoms with Gasteiger partial charge in [-0.15, -0.1) is 0 Å². The maximum atomic E-state index is 13.3. The van der Waals surface area contributed by atoms with Crippen LogP contribution in [0.15, 0.2) is 29.3 Å². The molecule has 1 saturated carbocycles. The molecule has 2 heterocycles. The molecule has 0 bridgehead atoms. The van der Waals surface area contributed by atoms with E-state index in [-0.39, 0.29) is 24.2 Å². The van der Waals surface area contributed by atoms with E-state index < -0.39 is 11.1 Å². The number of nitrogens with zero attached hydrogens (tertiary/aromatic N) is 3. The van der Waals surface area contributed by atoms with Crippen LogP contribution in [0, 0.1) is 3.57 Å². The number of piperidine rings is 1. The minimum Gasteiger partial charge on any atom is -0.444 e. The highest BCUT2D eigenvalue weighted by Gasteiger charge is 2.55. The summed E-state index contributed by atoms with van der Waals surface area (Å²) in [4.78, 5) is 35.0. The quantitative estimate of drug-likeness (QED) is 0.466. The van der Waals surface area contributed by atoms with Crippen LogP contribution in [0.25, 0.3) is 0 Å². The van der Waals surface area contributed by atoms with Crippen molar-refractivity contribution in [3.63, 3.8) is 0 Å². The van der Waals surface area contributed by atoms with Gasteiger partial charge in [-0.2, -0.15) is 0 Å². The van der Waals surface area contributed by atoms with Crippen molar-refractivity contribution in [2.45, 2.75) is 95.9 Å². The number of rotatable bonds is 2. The first-order valence-corrected chi connectivity index (χ1v) is 13.1. The molecule has 180 valence electrons. The van der Waals surface area contributed by atoms with Crippen molar-refractivity contribution in [2.24, 2.45) is 4.99 Å². The van der Waals surface area contributed by atoms with Crippen molar-refractivity contribution in [3.8, 4) is 0 Å². The molecule has 2 atom stereocenters. The van der Waals surface area contributed by atoms with Crippen LogP contribution >= 0.6 is 22.6 Å². The van der Waals surface area contributed by atoms with Crippen molar-refractivity contribution in [3.05, 3.63) is 27.8 Å². The molecule has 3 amide bonds. The molecule has 3 fully saturated rings. The molecule has 1 N–H and O–H groups in total. The molecule has 33 heavy (non-hydrogen) atoms. The molecule has 1 aromatic rings. The molecule has 0 radical (unpaired) electrons. The summed E-state index contributed by atoms with van der Waals surface area (Å²) < 4.78 is 6.77. The average Bonchev–Trinajstić information content (AvgIpc) is 2.98. The van der Waals surface area contributed by atoms with Crippen molar-refractivity contribution in [1.29, 1.82) is 0 Å². The molecule has 1 aromatic carbocycles. The normalized spacial score (nSPS) is 27.8. The second-order valence-electron chi connectivity index (χ2n) is 10.5. The zero-order valence-electron chi connectivity index (χ0n) is 20.1. The van der Waals surface area contributed by atoms with E-state index in [1.54, 1.807) is 4.90 Å². The van der Waals surface area contributed by atoms with Gasteiger partial charge in [0, 0.05) is 21.8 Å². The van der Waals surface area contributed by atoms with Gasteiger partial charge in [0.05, 0.1) is 6.04 Å². The number of likely N-dealkylation sites (tertiary alicyclic amines) is 1. The minimum absolute atomic E-state index is 0.0933. The third-order valence-corrected chi connectivity index (χ3v) is 7.55. The Morgan fingerprint density at radius 1 is 1.18 bits per heavy atom. The number of benzene rings is 1. The lowest BCUT2D eigenvalue weighted by Gasteiger charge is -2.47. The number of aliphatic imine (C=N–C) groups is 1. The predicted octanol–water partition coefficient (Wildman–Crippen LogP) is 5.71. The van der Waals surface area contributed by atoms with Gasteiger partial charge in [-0.1, -0.05) is 19.3 Å². The van der Waals surface area contributed by atoms with Crippen LogP contribution in [-0.2, 0) is 4.74 Å². The minimum atomic E-state index is -0.584. The largest absolute Gasteiger partial charge is 0.444 e. The van der Waals surface area contributed by atoms with Crippen LogP contribution < -0.4 is 10.2 Å². The van der Waals surface area contributed by atoms with Crippen molar-refractivity contribution >= 4 is 46.2 Å². The van der Waals surface area contributed by atoms with E-state index in [0.29, 0.717) is 19.4 Å². The van der Waals surface area contributed by atoms with Crippen LogP contribution in [0.2, 0.25) is 0 Å². The second-order valence-corrected chi connectivity index (χ2v) is 11.8. The number of hydrogen-bond donors (Lipinski definition) is 1. The third-order valence-electron chi connectivity index (χ3n) is 6.83. The van der Waals surface area contributed by atoms with Crippen LogP contribution in [0.1, 0.15) is 72.6 Å². The van der Waals surface area contributed by atoms with Gasteiger partial charge >= 0.3 is 12.1 Å². The topological polar surface area (TPSA) is 74.2 Å². The highest BCUT2D eigenvalue weighted by atomic mass is 127. The van der Waals surface area contributed by atoms with Crippen molar-refractivity contribution in [1.82, 2.24) is 10.2 Å². The summed E-state index contributed by atoms with van der Waals surface area (Å²) >= 11 is 2.27. The molecule has 3 aliphatic rings. The number of amidine groups is 1. The van der Waals surface area contributed by atoms with Crippen molar-refractivity contribution < 1.29 is 14.3 Å². The number of halogens is 1. The monoisotopic (exact) mass is 566 g/mol. The lowest BCUT2D eigenvalue weighted by Crippen LogP contribution is -2.61. The first-order valence-electron chi connectivity index (χ1n) is 12.0. The Kier molecular flexibility index (Phi) is 6.94. The molecular weight excluding hydrogens is 531 g/mol. The van der Waals surface area contributed by atoms with E-state index in [9.17, 15) is 9.59 Å². The maximum absolute atomic E-state index is 13.3. The van der Waals surface area contributed by atoms with E-state index in [1.807, 2.05) is 56.9 Å². The Hall–Kier alpha value is -1.84. The number of ether oxygens (including phenoxy) is 1. The fourth-order valence-electron chi connectivity index (χ4n) is 5.31. The number of nitrogens with one attached hydrogen (secondary N) is 1. The van der Waals surface area contributed by atoms with Gasteiger partial charge in [0.1, 0.15) is 17.0 Å². The number of carbonyl (C=O) groups excluding carboxylic acids is 2. The lowest BCUT2D eigenvalue weighted by atomic mass is 9.81. The molecule has 4 rings (SSSR count). The highest BCUT2D eigenvalue weighted by Crippen LogP contribution is 2.41.